The number of rotatable bonds is 26. The molecular weight excluding hydrogens is 790 g/mol. The van der Waals surface area contributed by atoms with Crippen molar-refractivity contribution in [1.82, 2.24) is 26.2 Å². The molecule has 324 valence electrons. The number of hydrogen-bond donors (Lipinski definition) is 5. The molecule has 16 nitrogen and oxygen atoms in total. The fraction of sp³-hybridized carbons (Fsp3) is 0.684. The molecule has 20 heteroatoms. The third-order valence-electron chi connectivity index (χ3n) is 9.89. The van der Waals surface area contributed by atoms with Crippen LogP contribution in [-0.4, -0.2) is 102 Å². The van der Waals surface area contributed by atoms with E-state index in [9.17, 15) is 51.6 Å². The van der Waals surface area contributed by atoms with E-state index < -0.39 is 68.4 Å². The van der Waals surface area contributed by atoms with Gasteiger partial charge in [0.05, 0.1) is 6.04 Å². The standard InChI is InChI=1S/C38H55F3N5O11P/c1-2-3-17-28(25-56-58(54)57-31(20-8-10-21-42-36(52)38(39,40)41)34(49)46-23-12-19-30(46)35(50)51)44-33(48)29(45-32(47)27-15-11-16-27)18-7-9-22-43-37(53)55-24-26-13-5-4-6-14-26/h4-6,13-14,27-31H,2-3,7-12,15-25H2,1H3,(H4-,42,43,44,45,47,48,50,51,52,53)/p+1/t28?,29-,30-,31-/m0/s1. The van der Waals surface area contributed by atoms with E-state index in [1.165, 1.54) is 0 Å². The zero-order chi connectivity index (χ0) is 42.5. The summed E-state index contributed by atoms with van der Waals surface area (Å²) in [6.07, 6.45) is -1.18. The van der Waals surface area contributed by atoms with E-state index in [1.54, 1.807) is 5.32 Å². The summed E-state index contributed by atoms with van der Waals surface area (Å²) in [5, 5.41) is 19.7. The van der Waals surface area contributed by atoms with Crippen LogP contribution in [0.5, 0.6) is 0 Å². The number of amides is 5. The maximum atomic E-state index is 13.6. The lowest BCUT2D eigenvalue weighted by Crippen LogP contribution is -2.52. The number of unbranched alkanes of at least 4 members (excludes halogenated alkanes) is 3. The molecule has 1 saturated carbocycles. The molecule has 0 radical (unpaired) electrons. The molecule has 0 spiro atoms. The van der Waals surface area contributed by atoms with Crippen LogP contribution in [0.25, 0.3) is 0 Å². The van der Waals surface area contributed by atoms with Crippen molar-refractivity contribution < 1.29 is 65.4 Å². The first kappa shape index (κ1) is 48.0. The lowest BCUT2D eigenvalue weighted by Gasteiger charge is -2.28. The summed E-state index contributed by atoms with van der Waals surface area (Å²) in [6, 6.07) is 6.49. The SMILES string of the molecule is CCCCC(CO[P+](=O)O[C@@H](CCCCNC(=O)C(F)(F)F)C(=O)N1CCC[C@H]1C(=O)O)NC(=O)[C@H](CCCCNC(=O)OCc1ccccc1)NC(=O)C1CCC1. The second kappa shape index (κ2) is 25.2. The zero-order valence-electron chi connectivity index (χ0n) is 32.8. The number of likely N-dealkylation sites (tertiary alicyclic amines) is 1. The summed E-state index contributed by atoms with van der Waals surface area (Å²) in [6.45, 7) is 1.79. The zero-order valence-corrected chi connectivity index (χ0v) is 33.7. The minimum atomic E-state index is -5.06. The van der Waals surface area contributed by atoms with Crippen LogP contribution in [0.1, 0.15) is 102 Å². The van der Waals surface area contributed by atoms with E-state index in [4.69, 9.17) is 13.8 Å². The Morgan fingerprint density at radius 2 is 1.59 bits per heavy atom. The van der Waals surface area contributed by atoms with Crippen molar-refractivity contribution in [1.29, 1.82) is 0 Å². The lowest BCUT2D eigenvalue weighted by atomic mass is 9.84. The highest BCUT2D eigenvalue weighted by atomic mass is 31.1. The Labute approximate surface area is 337 Å². The van der Waals surface area contributed by atoms with Gasteiger partial charge < -0.3 is 36.0 Å². The summed E-state index contributed by atoms with van der Waals surface area (Å²) in [4.78, 5) is 76.1. The van der Waals surface area contributed by atoms with Crippen molar-refractivity contribution in [2.45, 2.75) is 134 Å². The van der Waals surface area contributed by atoms with Gasteiger partial charge in [0.1, 0.15) is 25.3 Å². The molecule has 1 heterocycles. The topological polar surface area (TPSA) is 219 Å². The summed E-state index contributed by atoms with van der Waals surface area (Å²) in [5.74, 6) is -5.00. The van der Waals surface area contributed by atoms with Crippen LogP contribution >= 0.6 is 8.25 Å². The molecule has 1 aliphatic carbocycles. The highest BCUT2D eigenvalue weighted by Gasteiger charge is 2.42. The normalized spacial score (nSPS) is 17.3. The average molecular weight is 847 g/mol. The van der Waals surface area contributed by atoms with E-state index in [0.717, 1.165) is 36.1 Å². The summed E-state index contributed by atoms with van der Waals surface area (Å²) < 4.78 is 66.9. The Kier molecular flexibility index (Phi) is 20.9. The van der Waals surface area contributed by atoms with E-state index in [2.05, 4.69) is 16.0 Å². The van der Waals surface area contributed by atoms with Gasteiger partial charge in [0, 0.05) is 30.1 Å². The van der Waals surface area contributed by atoms with Crippen LogP contribution in [-0.2, 0) is 48.9 Å². The fourth-order valence-corrected chi connectivity index (χ4v) is 7.12. The van der Waals surface area contributed by atoms with Crippen molar-refractivity contribution in [3.8, 4) is 0 Å². The number of aliphatic carboxylic acids is 1. The molecule has 1 aromatic carbocycles. The van der Waals surface area contributed by atoms with Crippen molar-refractivity contribution in [2.75, 3.05) is 26.2 Å². The monoisotopic (exact) mass is 846 g/mol. The van der Waals surface area contributed by atoms with Crippen LogP contribution in [0, 0.1) is 5.92 Å². The van der Waals surface area contributed by atoms with Gasteiger partial charge in [-0.05, 0) is 76.2 Å². The first-order valence-electron chi connectivity index (χ1n) is 19.9. The van der Waals surface area contributed by atoms with E-state index in [-0.39, 0.29) is 76.8 Å². The molecular formula is C38H56F3N5O11P+. The predicted octanol–water partition coefficient (Wildman–Crippen LogP) is 5.03. The lowest BCUT2D eigenvalue weighted by molar-refractivity contribution is -0.173. The van der Waals surface area contributed by atoms with Gasteiger partial charge in [-0.3, -0.25) is 19.2 Å². The second-order valence-electron chi connectivity index (χ2n) is 14.4. The number of halogens is 3. The smallest absolute Gasteiger partial charge is 0.480 e. The quantitative estimate of drug-likeness (QED) is 0.0616. The van der Waals surface area contributed by atoms with Gasteiger partial charge in [-0.2, -0.15) is 13.2 Å². The maximum Gasteiger partial charge on any atom is 0.698 e. The number of carbonyl (C=O) groups is 6. The molecule has 58 heavy (non-hydrogen) atoms. The number of hydrogen-bond acceptors (Lipinski definition) is 10. The van der Waals surface area contributed by atoms with Gasteiger partial charge in [0.25, 0.3) is 5.91 Å². The first-order valence-corrected chi connectivity index (χ1v) is 21.0. The Morgan fingerprint density at radius 3 is 2.22 bits per heavy atom. The number of benzene rings is 1. The summed E-state index contributed by atoms with van der Waals surface area (Å²) >= 11 is 0. The molecule has 3 rings (SSSR count). The maximum absolute atomic E-state index is 13.6. The van der Waals surface area contributed by atoms with Gasteiger partial charge >= 0.3 is 32.4 Å². The third-order valence-corrected chi connectivity index (χ3v) is 10.7. The Morgan fingerprint density at radius 1 is 0.897 bits per heavy atom. The number of nitrogens with zero attached hydrogens (tertiary/aromatic N) is 1. The largest absolute Gasteiger partial charge is 0.698 e. The third kappa shape index (κ3) is 17.2. The van der Waals surface area contributed by atoms with E-state index in [0.29, 0.717) is 32.1 Å². The second-order valence-corrected chi connectivity index (χ2v) is 15.3. The number of carboxylic acids is 1. The van der Waals surface area contributed by atoms with Gasteiger partial charge in [-0.1, -0.05) is 56.5 Å². The molecule has 5 atom stereocenters. The summed E-state index contributed by atoms with van der Waals surface area (Å²) in [7, 11) is -3.02. The minimum Gasteiger partial charge on any atom is -0.480 e. The Balaban J connectivity index is 1.56. The molecule has 1 aromatic rings. The first-order chi connectivity index (χ1) is 27.7. The predicted molar refractivity (Wildman–Crippen MR) is 203 cm³/mol. The van der Waals surface area contributed by atoms with Crippen LogP contribution in [0.4, 0.5) is 18.0 Å². The van der Waals surface area contributed by atoms with Crippen LogP contribution in [0.2, 0.25) is 0 Å². The van der Waals surface area contributed by atoms with Gasteiger partial charge in [0.2, 0.25) is 11.8 Å². The van der Waals surface area contributed by atoms with E-state index in [1.807, 2.05) is 37.3 Å². The number of nitrogens with one attached hydrogen (secondary N) is 4. The number of carboxylic acid groups (broad SMARTS) is 1. The molecule has 0 bridgehead atoms. The van der Waals surface area contributed by atoms with Crippen LogP contribution < -0.4 is 21.3 Å². The Hall–Kier alpha value is -4.35. The highest BCUT2D eigenvalue weighted by molar-refractivity contribution is 7.33. The average Bonchev–Trinajstić information content (AvgIpc) is 3.66. The number of alkyl carbamates (subject to hydrolysis) is 1. The fourth-order valence-electron chi connectivity index (χ4n) is 6.35. The van der Waals surface area contributed by atoms with Crippen molar-refractivity contribution >= 4 is 43.9 Å². The molecule has 5 amide bonds. The number of carbonyl (C=O) groups excluding carboxylic acids is 5. The molecule has 0 aromatic heterocycles. The summed E-state index contributed by atoms with van der Waals surface area (Å²) in [5.41, 5.74) is 0.843. The number of alkyl halides is 3. The van der Waals surface area contributed by atoms with E-state index >= 15 is 0 Å². The molecule has 2 fully saturated rings. The Bertz CT molecular complexity index is 1520. The van der Waals surface area contributed by atoms with Crippen LogP contribution in [0.3, 0.4) is 0 Å². The molecule has 2 unspecified atom stereocenters. The van der Waals surface area contributed by atoms with Gasteiger partial charge in [0.15, 0.2) is 6.10 Å². The van der Waals surface area contributed by atoms with Crippen molar-refractivity contribution in [3.63, 3.8) is 0 Å². The number of ether oxygens (including phenoxy) is 1. The van der Waals surface area contributed by atoms with Gasteiger partial charge in [-0.25, -0.2) is 9.59 Å². The molecule has 2 aliphatic rings. The van der Waals surface area contributed by atoms with Crippen molar-refractivity contribution in [3.05, 3.63) is 35.9 Å². The van der Waals surface area contributed by atoms with Crippen LogP contribution in [0.15, 0.2) is 30.3 Å². The molecule has 1 aliphatic heterocycles. The van der Waals surface area contributed by atoms with Gasteiger partial charge in [-0.15, -0.1) is 9.05 Å². The molecule has 1 saturated heterocycles. The minimum absolute atomic E-state index is 0.0103. The highest BCUT2D eigenvalue weighted by Crippen LogP contribution is 2.31. The molecule has 5 N–H and O–H groups in total. The van der Waals surface area contributed by atoms with Crippen molar-refractivity contribution in [2.24, 2.45) is 5.92 Å².